The first-order valence-electron chi connectivity index (χ1n) is 14.0. The van der Waals surface area contributed by atoms with Gasteiger partial charge in [0.25, 0.3) is 0 Å². The van der Waals surface area contributed by atoms with Crippen LogP contribution in [-0.4, -0.2) is 51.1 Å². The highest BCUT2D eigenvalue weighted by Crippen LogP contribution is 2.76. The molecule has 4 N–H and O–H groups in total. The quantitative estimate of drug-likeness (QED) is 0.439. The Morgan fingerprint density at radius 1 is 0.971 bits per heavy atom. The van der Waals surface area contributed by atoms with Crippen molar-refractivity contribution in [3.63, 3.8) is 0 Å². The molecule has 0 aromatic rings. The Morgan fingerprint density at radius 3 is 2.23 bits per heavy atom. The fourth-order valence-electron chi connectivity index (χ4n) is 11.2. The Bertz CT molecular complexity index is 939. The zero-order valence-electron chi connectivity index (χ0n) is 22.8. The maximum atomic E-state index is 13.0. The van der Waals surface area contributed by atoms with E-state index in [0.29, 0.717) is 18.8 Å². The highest BCUT2D eigenvalue weighted by atomic mass is 16.3. The molecule has 5 aliphatic carbocycles. The van der Waals surface area contributed by atoms with Crippen LogP contribution >= 0.6 is 0 Å². The highest BCUT2D eigenvalue weighted by Gasteiger charge is 2.72. The van der Waals surface area contributed by atoms with Gasteiger partial charge in [-0.3, -0.25) is 4.79 Å². The summed E-state index contributed by atoms with van der Waals surface area (Å²) >= 11 is 0. The van der Waals surface area contributed by atoms with E-state index < -0.39 is 23.7 Å². The molecule has 4 fully saturated rings. The first kappa shape index (κ1) is 25.9. The fraction of sp³-hybridized carbons (Fsp3) is 0.900. The molecule has 0 heterocycles. The Labute approximate surface area is 211 Å². The van der Waals surface area contributed by atoms with Gasteiger partial charge in [-0.15, -0.1) is 0 Å². The van der Waals surface area contributed by atoms with Crippen LogP contribution in [0.1, 0.15) is 87.0 Å². The summed E-state index contributed by atoms with van der Waals surface area (Å²) in [6, 6.07) is 0. The summed E-state index contributed by atoms with van der Waals surface area (Å²) < 4.78 is 0. The van der Waals surface area contributed by atoms with E-state index in [-0.39, 0.29) is 57.7 Å². The van der Waals surface area contributed by atoms with Crippen molar-refractivity contribution in [3.8, 4) is 0 Å². The van der Waals surface area contributed by atoms with Gasteiger partial charge in [-0.2, -0.15) is 0 Å². The summed E-state index contributed by atoms with van der Waals surface area (Å²) in [6.45, 7) is 15.3. The summed E-state index contributed by atoms with van der Waals surface area (Å²) in [4.78, 5) is 13.0. The maximum absolute atomic E-state index is 13.0. The number of fused-ring (bicyclic) bond motifs is 7. The van der Waals surface area contributed by atoms with Crippen molar-refractivity contribution in [2.75, 3.05) is 6.61 Å². The number of ketones is 1. The van der Waals surface area contributed by atoms with Gasteiger partial charge in [-0.25, -0.2) is 0 Å². The molecule has 3 unspecified atom stereocenters. The van der Waals surface area contributed by atoms with Crippen LogP contribution in [0.15, 0.2) is 11.6 Å². The van der Waals surface area contributed by atoms with E-state index in [2.05, 4.69) is 40.7 Å². The van der Waals surface area contributed by atoms with Crippen molar-refractivity contribution in [1.82, 2.24) is 0 Å². The minimum Gasteiger partial charge on any atom is -0.396 e. The lowest BCUT2D eigenvalue weighted by molar-refractivity contribution is -0.209. The van der Waals surface area contributed by atoms with Crippen LogP contribution in [0, 0.1) is 56.7 Å². The molecule has 0 saturated heterocycles. The first-order chi connectivity index (χ1) is 16.1. The number of allylic oxidation sites excluding steroid dienone is 1. The molecule has 5 aliphatic rings. The molecule has 0 aromatic heterocycles. The monoisotopic (exact) mass is 488 g/mol. The molecule has 0 spiro atoms. The van der Waals surface area contributed by atoms with Gasteiger partial charge < -0.3 is 20.4 Å². The largest absolute Gasteiger partial charge is 0.396 e. The van der Waals surface area contributed by atoms with Crippen LogP contribution in [0.25, 0.3) is 0 Å². The number of Topliss-reactive ketones (excluding diaryl/α,β-unsaturated/α-hetero) is 1. The number of aliphatic hydroxyl groups excluding tert-OH is 4. The molecule has 5 rings (SSSR count). The molecule has 0 aliphatic heterocycles. The van der Waals surface area contributed by atoms with E-state index in [0.717, 1.165) is 25.7 Å². The summed E-state index contributed by atoms with van der Waals surface area (Å²) in [6.07, 6.45) is 4.61. The van der Waals surface area contributed by atoms with Gasteiger partial charge in [0.1, 0.15) is 6.10 Å². The van der Waals surface area contributed by atoms with Crippen LogP contribution in [0.2, 0.25) is 0 Å². The standard InChI is InChI=1S/C30H48O5/c1-16(2)18-12-20(33)24-29(7)9-8-17-23(28(29,6)10-11-30(18,24)15-31)19(32)13-22-26(3,4)25(35)21(34)14-27(17,22)5/h8,16,18-24,31-34H,9-15H2,1-7H3/t18-,19-,20?,21+,22?,23-,24?,27+,28-,29+,30+/m0/s1. The van der Waals surface area contributed by atoms with Gasteiger partial charge in [0.05, 0.1) is 12.2 Å². The Balaban J connectivity index is 1.64. The zero-order valence-corrected chi connectivity index (χ0v) is 22.8. The first-order valence-corrected chi connectivity index (χ1v) is 14.0. The molecule has 5 heteroatoms. The third-order valence-electron chi connectivity index (χ3n) is 12.9. The molecular formula is C30H48O5. The van der Waals surface area contributed by atoms with Gasteiger partial charge in [0, 0.05) is 23.4 Å². The van der Waals surface area contributed by atoms with Gasteiger partial charge >= 0.3 is 0 Å². The summed E-state index contributed by atoms with van der Waals surface area (Å²) in [5.41, 5.74) is -0.582. The van der Waals surface area contributed by atoms with Crippen molar-refractivity contribution < 1.29 is 25.2 Å². The molecule has 11 atom stereocenters. The number of hydrogen-bond acceptors (Lipinski definition) is 5. The number of carbonyl (C=O) groups is 1. The van der Waals surface area contributed by atoms with Crippen LogP contribution in [-0.2, 0) is 4.79 Å². The van der Waals surface area contributed by atoms with Crippen LogP contribution in [0.3, 0.4) is 0 Å². The number of hydrogen-bond donors (Lipinski definition) is 4. The minimum atomic E-state index is -0.971. The van der Waals surface area contributed by atoms with Gasteiger partial charge in [0.15, 0.2) is 5.78 Å². The van der Waals surface area contributed by atoms with Gasteiger partial charge in [-0.1, -0.05) is 60.1 Å². The molecule has 0 aromatic carbocycles. The zero-order chi connectivity index (χ0) is 25.9. The van der Waals surface area contributed by atoms with Crippen molar-refractivity contribution in [3.05, 3.63) is 11.6 Å². The normalized spacial score (nSPS) is 55.0. The van der Waals surface area contributed by atoms with E-state index in [4.69, 9.17) is 0 Å². The van der Waals surface area contributed by atoms with E-state index in [1.165, 1.54) is 5.57 Å². The molecule has 198 valence electrons. The van der Waals surface area contributed by atoms with Crippen molar-refractivity contribution in [2.45, 2.75) is 105 Å². The molecular weight excluding hydrogens is 440 g/mol. The second-order valence-corrected chi connectivity index (χ2v) is 14.8. The topological polar surface area (TPSA) is 98.0 Å². The molecule has 0 radical (unpaired) electrons. The van der Waals surface area contributed by atoms with E-state index in [1.54, 1.807) is 0 Å². The number of rotatable bonds is 2. The number of aliphatic hydroxyl groups is 4. The highest BCUT2D eigenvalue weighted by molar-refractivity contribution is 5.89. The second kappa shape index (κ2) is 7.65. The van der Waals surface area contributed by atoms with Crippen LogP contribution in [0.5, 0.6) is 0 Å². The second-order valence-electron chi connectivity index (χ2n) is 14.8. The van der Waals surface area contributed by atoms with Crippen molar-refractivity contribution >= 4 is 5.78 Å². The SMILES string of the molecule is CC(C)[C@@H]1CC(O)C2[C@@]1(CO)CC[C@@]1(C)[C@H]3C(=CC[C@]21C)[C@@]1(C)C[C@@H](O)C(=O)C(C)(C)C1C[C@@H]3O. The average molecular weight is 489 g/mol. The summed E-state index contributed by atoms with van der Waals surface area (Å²) in [7, 11) is 0. The lowest BCUT2D eigenvalue weighted by Gasteiger charge is -2.70. The average Bonchev–Trinajstić information content (AvgIpc) is 3.09. The molecule has 0 bridgehead atoms. The smallest absolute Gasteiger partial charge is 0.167 e. The molecule has 0 amide bonds. The van der Waals surface area contributed by atoms with E-state index >= 15 is 0 Å². The van der Waals surface area contributed by atoms with Gasteiger partial charge in [0.2, 0.25) is 0 Å². The lowest BCUT2D eigenvalue weighted by atomic mass is 9.35. The third-order valence-corrected chi connectivity index (χ3v) is 12.9. The third kappa shape index (κ3) is 2.93. The van der Waals surface area contributed by atoms with Crippen molar-refractivity contribution in [1.29, 1.82) is 0 Å². The Hall–Kier alpha value is -0.750. The predicted molar refractivity (Wildman–Crippen MR) is 135 cm³/mol. The molecule has 5 nitrogen and oxygen atoms in total. The van der Waals surface area contributed by atoms with Crippen LogP contribution < -0.4 is 0 Å². The van der Waals surface area contributed by atoms with Gasteiger partial charge in [-0.05, 0) is 78.4 Å². The van der Waals surface area contributed by atoms with Crippen LogP contribution in [0.4, 0.5) is 0 Å². The minimum absolute atomic E-state index is 0.0149. The maximum Gasteiger partial charge on any atom is 0.167 e. The lowest BCUT2D eigenvalue weighted by Crippen LogP contribution is -2.67. The molecule has 35 heavy (non-hydrogen) atoms. The number of carbonyl (C=O) groups excluding carboxylic acids is 1. The summed E-state index contributed by atoms with van der Waals surface area (Å²) in [5.74, 6) is 0.485. The fourth-order valence-corrected chi connectivity index (χ4v) is 11.2. The van der Waals surface area contributed by atoms with E-state index in [9.17, 15) is 25.2 Å². The predicted octanol–water partition coefficient (Wildman–Crippen LogP) is 4.12. The Kier molecular flexibility index (Phi) is 5.65. The van der Waals surface area contributed by atoms with Crippen molar-refractivity contribution in [2.24, 2.45) is 56.7 Å². The summed E-state index contributed by atoms with van der Waals surface area (Å²) in [5, 5.41) is 45.0. The molecule has 4 saturated carbocycles. The Morgan fingerprint density at radius 2 is 1.63 bits per heavy atom. The van der Waals surface area contributed by atoms with E-state index in [1.807, 2.05) is 13.8 Å².